The van der Waals surface area contributed by atoms with Gasteiger partial charge in [-0.25, -0.2) is 4.39 Å². The van der Waals surface area contributed by atoms with Crippen LogP contribution in [0.3, 0.4) is 0 Å². The molecule has 74 valence electrons. The van der Waals surface area contributed by atoms with E-state index >= 15 is 0 Å². The largest absolute Gasteiger partial charge is 0.408 e. The summed E-state index contributed by atoms with van der Waals surface area (Å²) in [5.74, 6) is -2.82. The highest BCUT2D eigenvalue weighted by molar-refractivity contribution is 5.27. The molecule has 0 aliphatic rings. The minimum atomic E-state index is -4.62. The summed E-state index contributed by atoms with van der Waals surface area (Å²) in [4.78, 5) is 0. The molecule has 0 spiro atoms. The van der Waals surface area contributed by atoms with Crippen LogP contribution in [0.5, 0.6) is 0 Å². The second kappa shape index (κ2) is 3.66. The highest BCUT2D eigenvalue weighted by Crippen LogP contribution is 2.33. The van der Waals surface area contributed by atoms with Crippen LogP contribution in [0, 0.1) is 17.1 Å². The van der Waals surface area contributed by atoms with E-state index in [1.165, 1.54) is 0 Å². The lowest BCUT2D eigenvalue weighted by Crippen LogP contribution is -2.19. The van der Waals surface area contributed by atoms with Crippen molar-refractivity contribution in [2.75, 3.05) is 0 Å². The molecule has 14 heavy (non-hydrogen) atoms. The number of alkyl halides is 3. The summed E-state index contributed by atoms with van der Waals surface area (Å²) in [6, 6.07) is 4.83. The Kier molecular flexibility index (Phi) is 2.75. The second-order valence-corrected chi connectivity index (χ2v) is 2.66. The van der Waals surface area contributed by atoms with Crippen molar-refractivity contribution in [3.63, 3.8) is 0 Å². The topological polar surface area (TPSA) is 23.8 Å². The maximum atomic E-state index is 12.4. The molecular formula is C9H5F4N. The summed E-state index contributed by atoms with van der Waals surface area (Å²) in [5, 5.41) is 8.32. The molecule has 0 amide bonds. The van der Waals surface area contributed by atoms with Crippen LogP contribution in [-0.4, -0.2) is 6.18 Å². The van der Waals surface area contributed by atoms with Crippen LogP contribution >= 0.6 is 0 Å². The van der Waals surface area contributed by atoms with Gasteiger partial charge in [0, 0.05) is 0 Å². The van der Waals surface area contributed by atoms with E-state index in [9.17, 15) is 17.6 Å². The van der Waals surface area contributed by atoms with Crippen LogP contribution in [0.15, 0.2) is 24.3 Å². The van der Waals surface area contributed by atoms with Crippen molar-refractivity contribution in [3.8, 4) is 6.07 Å². The third kappa shape index (κ3) is 2.22. The molecule has 1 rings (SSSR count). The zero-order valence-corrected chi connectivity index (χ0v) is 6.85. The number of nitriles is 1. The van der Waals surface area contributed by atoms with E-state index in [-0.39, 0.29) is 5.56 Å². The van der Waals surface area contributed by atoms with Crippen LogP contribution < -0.4 is 0 Å². The molecule has 0 heterocycles. The Morgan fingerprint density at radius 2 is 1.64 bits per heavy atom. The Labute approximate surface area is 77.6 Å². The van der Waals surface area contributed by atoms with Crippen LogP contribution in [0.25, 0.3) is 0 Å². The smallest absolute Gasteiger partial charge is 0.207 e. The molecule has 5 heteroatoms. The molecule has 1 atom stereocenters. The predicted octanol–water partition coefficient (Wildman–Crippen LogP) is 3.00. The van der Waals surface area contributed by atoms with Gasteiger partial charge in [0.15, 0.2) is 5.92 Å². The first-order valence-corrected chi connectivity index (χ1v) is 3.67. The number of hydrogen-bond donors (Lipinski definition) is 0. The van der Waals surface area contributed by atoms with E-state index in [1.54, 1.807) is 0 Å². The average molecular weight is 203 g/mol. The van der Waals surface area contributed by atoms with Gasteiger partial charge in [-0.1, -0.05) is 12.1 Å². The lowest BCUT2D eigenvalue weighted by Gasteiger charge is -2.12. The highest BCUT2D eigenvalue weighted by atomic mass is 19.4. The van der Waals surface area contributed by atoms with E-state index in [2.05, 4.69) is 0 Å². The van der Waals surface area contributed by atoms with E-state index in [1.807, 2.05) is 0 Å². The molecule has 1 aromatic carbocycles. The molecule has 1 nitrogen and oxygen atoms in total. The van der Waals surface area contributed by atoms with Crippen molar-refractivity contribution >= 4 is 0 Å². The zero-order chi connectivity index (χ0) is 10.8. The summed E-state index contributed by atoms with van der Waals surface area (Å²) in [5.41, 5.74) is -0.249. The quantitative estimate of drug-likeness (QED) is 0.643. The molecule has 0 radical (unpaired) electrons. The monoisotopic (exact) mass is 203 g/mol. The molecule has 0 saturated carbocycles. The zero-order valence-electron chi connectivity index (χ0n) is 6.85. The van der Waals surface area contributed by atoms with Crippen molar-refractivity contribution in [2.24, 2.45) is 0 Å². The van der Waals surface area contributed by atoms with Gasteiger partial charge in [-0.2, -0.15) is 18.4 Å². The molecule has 0 bridgehead atoms. The summed E-state index contributed by atoms with van der Waals surface area (Å²) in [7, 11) is 0. The van der Waals surface area contributed by atoms with Crippen molar-refractivity contribution in [3.05, 3.63) is 35.6 Å². The van der Waals surface area contributed by atoms with Gasteiger partial charge in [0.25, 0.3) is 0 Å². The van der Waals surface area contributed by atoms with Crippen molar-refractivity contribution in [1.82, 2.24) is 0 Å². The van der Waals surface area contributed by atoms with E-state index < -0.39 is 17.9 Å². The van der Waals surface area contributed by atoms with Crippen LogP contribution in [0.1, 0.15) is 11.5 Å². The number of rotatable bonds is 1. The van der Waals surface area contributed by atoms with Gasteiger partial charge in [0.2, 0.25) is 0 Å². The Bertz CT molecular complexity index is 347. The number of halogens is 4. The van der Waals surface area contributed by atoms with Crippen LogP contribution in [0.4, 0.5) is 17.6 Å². The molecule has 0 unspecified atom stereocenters. The van der Waals surface area contributed by atoms with Crippen molar-refractivity contribution in [1.29, 1.82) is 5.26 Å². The Hall–Kier alpha value is -1.57. The van der Waals surface area contributed by atoms with Gasteiger partial charge in [-0.15, -0.1) is 0 Å². The van der Waals surface area contributed by atoms with Gasteiger partial charge in [-0.3, -0.25) is 0 Å². The van der Waals surface area contributed by atoms with Gasteiger partial charge < -0.3 is 0 Å². The standard InChI is InChI=1S/C9H5F4N/c10-7-3-1-6(2-4-7)8(5-14)9(11,12)13/h1-4,8H/t8-/m1/s1. The van der Waals surface area contributed by atoms with Gasteiger partial charge in [-0.05, 0) is 17.7 Å². The molecule has 0 saturated heterocycles. The fourth-order valence-corrected chi connectivity index (χ4v) is 0.992. The number of nitrogens with zero attached hydrogens (tertiary/aromatic N) is 1. The van der Waals surface area contributed by atoms with E-state index in [4.69, 9.17) is 5.26 Å². The molecule has 0 aliphatic carbocycles. The first kappa shape index (κ1) is 10.5. The van der Waals surface area contributed by atoms with Crippen molar-refractivity contribution in [2.45, 2.75) is 12.1 Å². The summed E-state index contributed by atoms with van der Waals surface area (Å²) >= 11 is 0. The van der Waals surface area contributed by atoms with Gasteiger partial charge in [0.1, 0.15) is 5.82 Å². The normalized spacial score (nSPS) is 13.4. The molecule has 0 aliphatic heterocycles. The molecule has 0 N–H and O–H groups in total. The Balaban J connectivity index is 3.04. The summed E-state index contributed by atoms with van der Waals surface area (Å²) < 4.78 is 49.0. The second-order valence-electron chi connectivity index (χ2n) is 2.66. The van der Waals surface area contributed by atoms with Gasteiger partial charge >= 0.3 is 6.18 Å². The fraction of sp³-hybridized carbons (Fsp3) is 0.222. The number of benzene rings is 1. The van der Waals surface area contributed by atoms with Crippen LogP contribution in [0.2, 0.25) is 0 Å². The Morgan fingerprint density at radius 3 is 2.00 bits per heavy atom. The predicted molar refractivity (Wildman–Crippen MR) is 40.8 cm³/mol. The third-order valence-electron chi connectivity index (χ3n) is 1.66. The number of hydrogen-bond acceptors (Lipinski definition) is 1. The van der Waals surface area contributed by atoms with E-state index in [0.717, 1.165) is 30.3 Å². The lowest BCUT2D eigenvalue weighted by atomic mass is 10.0. The third-order valence-corrected chi connectivity index (χ3v) is 1.66. The van der Waals surface area contributed by atoms with E-state index in [0.29, 0.717) is 0 Å². The minimum absolute atomic E-state index is 0.249. The first-order chi connectivity index (χ1) is 6.45. The lowest BCUT2D eigenvalue weighted by molar-refractivity contribution is -0.137. The fourth-order valence-electron chi connectivity index (χ4n) is 0.992. The van der Waals surface area contributed by atoms with Crippen molar-refractivity contribution < 1.29 is 17.6 Å². The van der Waals surface area contributed by atoms with Crippen LogP contribution in [-0.2, 0) is 0 Å². The average Bonchev–Trinajstić information content (AvgIpc) is 2.07. The summed E-state index contributed by atoms with van der Waals surface area (Å²) in [6.45, 7) is 0. The summed E-state index contributed by atoms with van der Waals surface area (Å²) in [6.07, 6.45) is -4.62. The Morgan fingerprint density at radius 1 is 1.14 bits per heavy atom. The molecule has 0 aromatic heterocycles. The highest BCUT2D eigenvalue weighted by Gasteiger charge is 2.40. The maximum absolute atomic E-state index is 12.4. The maximum Gasteiger partial charge on any atom is 0.408 e. The first-order valence-electron chi connectivity index (χ1n) is 3.67. The molecule has 0 fully saturated rings. The SMILES string of the molecule is N#C[C@H](c1ccc(F)cc1)C(F)(F)F. The minimum Gasteiger partial charge on any atom is -0.207 e. The van der Waals surface area contributed by atoms with Gasteiger partial charge in [0.05, 0.1) is 6.07 Å². The molecular weight excluding hydrogens is 198 g/mol. The molecule has 1 aromatic rings.